The van der Waals surface area contributed by atoms with Crippen LogP contribution >= 0.6 is 11.3 Å². The molecule has 3 aromatic rings. The molecule has 8 nitrogen and oxygen atoms in total. The number of nitrogens with one attached hydrogen (secondary N) is 2. The minimum atomic E-state index is -0.00712. The molecule has 47 heavy (non-hydrogen) atoms. The van der Waals surface area contributed by atoms with Crippen molar-refractivity contribution < 1.29 is 14.4 Å². The lowest BCUT2D eigenvalue weighted by Gasteiger charge is -2.38. The number of hydrogen-bond acceptors (Lipinski definition) is 5. The highest BCUT2D eigenvalue weighted by Gasteiger charge is 2.49. The van der Waals surface area contributed by atoms with Gasteiger partial charge < -0.3 is 25.0 Å². The molecule has 2 aromatic heterocycles. The summed E-state index contributed by atoms with van der Waals surface area (Å²) in [5.74, 6) is 1.34. The van der Waals surface area contributed by atoms with Gasteiger partial charge in [-0.25, -0.2) is 0 Å². The second-order valence-electron chi connectivity index (χ2n) is 15.5. The van der Waals surface area contributed by atoms with Gasteiger partial charge in [0, 0.05) is 67.8 Å². The highest BCUT2D eigenvalue weighted by atomic mass is 32.1. The van der Waals surface area contributed by atoms with Crippen LogP contribution in [0.3, 0.4) is 0 Å². The highest BCUT2D eigenvalue weighted by molar-refractivity contribution is 7.18. The van der Waals surface area contributed by atoms with Gasteiger partial charge in [0.05, 0.1) is 5.69 Å². The summed E-state index contributed by atoms with van der Waals surface area (Å²) in [6.07, 6.45) is 5.94. The minimum absolute atomic E-state index is 0.00712. The number of benzene rings is 1. The number of aromatic amines is 1. The van der Waals surface area contributed by atoms with Gasteiger partial charge in [-0.15, -0.1) is 11.3 Å². The quantitative estimate of drug-likeness (QED) is 0.328. The predicted octanol–water partition coefficient (Wildman–Crippen LogP) is 5.65. The van der Waals surface area contributed by atoms with Gasteiger partial charge in [-0.2, -0.15) is 0 Å². The molecule has 1 aliphatic carbocycles. The Kier molecular flexibility index (Phi) is 8.75. The van der Waals surface area contributed by atoms with E-state index in [2.05, 4.69) is 67.2 Å². The molecule has 4 aliphatic rings. The van der Waals surface area contributed by atoms with Gasteiger partial charge >= 0.3 is 0 Å². The van der Waals surface area contributed by atoms with E-state index in [0.29, 0.717) is 38.1 Å². The van der Waals surface area contributed by atoms with Crippen molar-refractivity contribution in [3.63, 3.8) is 0 Å². The van der Waals surface area contributed by atoms with Crippen molar-refractivity contribution in [3.8, 4) is 11.3 Å². The summed E-state index contributed by atoms with van der Waals surface area (Å²) in [6, 6.07) is 9.62. The average molecular weight is 658 g/mol. The lowest BCUT2D eigenvalue weighted by Crippen LogP contribution is -2.52. The van der Waals surface area contributed by atoms with E-state index in [1.165, 1.54) is 43.0 Å². The Bertz CT molecular complexity index is 1650. The smallest absolute Gasteiger partial charge is 0.225 e. The molecule has 3 aliphatic heterocycles. The van der Waals surface area contributed by atoms with Gasteiger partial charge in [-0.3, -0.25) is 14.4 Å². The van der Waals surface area contributed by atoms with Gasteiger partial charge in [0.1, 0.15) is 4.83 Å². The first-order valence-corrected chi connectivity index (χ1v) is 18.6. The molecule has 5 heterocycles. The molecular weight excluding hydrogens is 607 g/mol. The molecule has 252 valence electrons. The lowest BCUT2D eigenvalue weighted by molar-refractivity contribution is -0.142. The third-order valence-corrected chi connectivity index (χ3v) is 13.1. The first-order chi connectivity index (χ1) is 22.5. The average Bonchev–Trinajstić information content (AvgIpc) is 3.79. The molecule has 3 atom stereocenters. The number of rotatable bonds is 8. The van der Waals surface area contributed by atoms with E-state index in [0.717, 1.165) is 58.2 Å². The zero-order valence-electron chi connectivity index (χ0n) is 28.8. The van der Waals surface area contributed by atoms with Crippen LogP contribution in [0.4, 0.5) is 0 Å². The van der Waals surface area contributed by atoms with Crippen molar-refractivity contribution >= 4 is 39.3 Å². The number of H-pyrrole nitrogens is 1. The maximum absolute atomic E-state index is 13.3. The molecular formula is C38H51N5O3S. The molecule has 1 aromatic carbocycles. The molecule has 9 heteroatoms. The van der Waals surface area contributed by atoms with Crippen molar-refractivity contribution in [2.24, 2.45) is 17.8 Å². The Labute approximate surface area is 283 Å². The van der Waals surface area contributed by atoms with Crippen molar-refractivity contribution in [3.05, 3.63) is 45.8 Å². The van der Waals surface area contributed by atoms with Gasteiger partial charge in [0.25, 0.3) is 0 Å². The molecule has 4 fully saturated rings. The second-order valence-corrected chi connectivity index (χ2v) is 16.5. The van der Waals surface area contributed by atoms with Crippen LogP contribution in [0.1, 0.15) is 74.4 Å². The van der Waals surface area contributed by atoms with Crippen LogP contribution in [0.15, 0.2) is 24.3 Å². The summed E-state index contributed by atoms with van der Waals surface area (Å²) in [5, 5.41) is 4.58. The van der Waals surface area contributed by atoms with Crippen molar-refractivity contribution in [2.45, 2.75) is 84.6 Å². The second kappa shape index (κ2) is 12.7. The topological polar surface area (TPSA) is 88.8 Å². The number of carbonyl (C=O) groups excluding carboxylic acids is 3. The van der Waals surface area contributed by atoms with E-state index < -0.39 is 0 Å². The molecule has 0 radical (unpaired) electrons. The predicted molar refractivity (Wildman–Crippen MR) is 189 cm³/mol. The van der Waals surface area contributed by atoms with E-state index in [1.54, 1.807) is 6.92 Å². The largest absolute Gasteiger partial charge is 0.353 e. The lowest BCUT2D eigenvalue weighted by atomic mass is 9.78. The number of hydrogen-bond donors (Lipinski definition) is 2. The summed E-state index contributed by atoms with van der Waals surface area (Å²) in [6.45, 7) is 16.1. The number of likely N-dealkylation sites (tertiary alicyclic amines) is 1. The zero-order chi connectivity index (χ0) is 33.0. The van der Waals surface area contributed by atoms with E-state index in [1.807, 2.05) is 21.1 Å². The van der Waals surface area contributed by atoms with Crippen LogP contribution < -0.4 is 5.32 Å². The van der Waals surface area contributed by atoms with Gasteiger partial charge in [0.2, 0.25) is 17.7 Å². The van der Waals surface area contributed by atoms with Crippen molar-refractivity contribution in [1.82, 2.24) is 25.0 Å². The number of fused-ring (bicyclic) bond motifs is 3. The molecule has 1 saturated carbocycles. The number of piperazine rings is 1. The fourth-order valence-electron chi connectivity index (χ4n) is 9.00. The summed E-state index contributed by atoms with van der Waals surface area (Å²) in [7, 11) is 0. The Morgan fingerprint density at radius 2 is 1.60 bits per heavy atom. The normalized spacial score (nSPS) is 24.0. The van der Waals surface area contributed by atoms with Gasteiger partial charge in [-0.05, 0) is 106 Å². The maximum Gasteiger partial charge on any atom is 0.225 e. The summed E-state index contributed by atoms with van der Waals surface area (Å²) in [4.78, 5) is 50.3. The van der Waals surface area contributed by atoms with E-state index >= 15 is 0 Å². The van der Waals surface area contributed by atoms with Crippen molar-refractivity contribution in [1.29, 1.82) is 0 Å². The van der Waals surface area contributed by atoms with Crippen LogP contribution in [0.2, 0.25) is 0 Å². The number of carbonyl (C=O) groups is 3. The molecule has 3 unspecified atom stereocenters. The fourth-order valence-corrected chi connectivity index (χ4v) is 10.2. The van der Waals surface area contributed by atoms with Gasteiger partial charge in [-0.1, -0.05) is 31.0 Å². The monoisotopic (exact) mass is 657 g/mol. The Morgan fingerprint density at radius 1 is 0.915 bits per heavy atom. The van der Waals surface area contributed by atoms with Crippen LogP contribution in [-0.4, -0.2) is 89.3 Å². The molecule has 0 spiro atoms. The van der Waals surface area contributed by atoms with E-state index in [-0.39, 0.29) is 35.0 Å². The Balaban J connectivity index is 1.06. The van der Waals surface area contributed by atoms with Crippen LogP contribution in [-0.2, 0) is 26.2 Å². The molecule has 3 amide bonds. The number of amides is 3. The Hall–Kier alpha value is -3.17. The van der Waals surface area contributed by atoms with E-state index in [9.17, 15) is 14.4 Å². The van der Waals surface area contributed by atoms with E-state index in [4.69, 9.17) is 0 Å². The number of thiophene rings is 1. The maximum atomic E-state index is 13.3. The van der Waals surface area contributed by atoms with Crippen LogP contribution in [0, 0.1) is 31.6 Å². The fraction of sp³-hybridized carbons (Fsp3) is 0.605. The third-order valence-electron chi connectivity index (χ3n) is 11.7. The number of piperidine rings is 2. The van der Waals surface area contributed by atoms with Crippen LogP contribution in [0.25, 0.3) is 21.5 Å². The summed E-state index contributed by atoms with van der Waals surface area (Å²) < 4.78 is 0. The minimum Gasteiger partial charge on any atom is -0.353 e. The number of aromatic nitrogens is 1. The first-order valence-electron chi connectivity index (χ1n) is 17.8. The molecule has 7 rings (SSSR count). The standard InChI is InChI=1S/C38H51N5O3S/c1-23-18-24(2)20-27(19-23)34-28(10-13-41-11-8-26(9-12-41)37(46)43-16-14-42(15-17-43)25(3)44)30-21-33(47-36(30)40-34)38(4,5)22-31-29-6-7-32(31)39-35(29)45/h18-21,26,29,31-32,40H,6-17,22H2,1-5H3,(H,39,45). The summed E-state index contributed by atoms with van der Waals surface area (Å²) in [5.41, 5.74) is 6.42. The molecule has 2 bridgehead atoms. The Morgan fingerprint density at radius 3 is 2.21 bits per heavy atom. The zero-order valence-corrected chi connectivity index (χ0v) is 29.6. The molecule has 3 saturated heterocycles. The highest BCUT2D eigenvalue weighted by Crippen LogP contribution is 2.48. The number of aryl methyl sites for hydroxylation is 2. The van der Waals surface area contributed by atoms with Crippen molar-refractivity contribution in [2.75, 3.05) is 45.8 Å². The summed E-state index contributed by atoms with van der Waals surface area (Å²) >= 11 is 1.89. The van der Waals surface area contributed by atoms with Crippen LogP contribution in [0.5, 0.6) is 0 Å². The SMILES string of the molecule is CC(=O)N1CCN(C(=O)C2CCN(CCc3c(-c4cc(C)cc(C)c4)[nH]c4sc(C(C)(C)CC5C6CCC5C(=O)N6)cc34)CC2)CC1. The third kappa shape index (κ3) is 6.38. The van der Waals surface area contributed by atoms with Gasteiger partial charge in [0.15, 0.2) is 0 Å². The number of nitrogens with zero attached hydrogens (tertiary/aromatic N) is 3. The first kappa shape index (κ1) is 32.4. The molecule has 2 N–H and O–H groups in total.